The number of carbonyl (C=O) groups is 1. The van der Waals surface area contributed by atoms with Crippen LogP contribution in [0.2, 0.25) is 0 Å². The summed E-state index contributed by atoms with van der Waals surface area (Å²) in [5.41, 5.74) is 2.26. The fraction of sp³-hybridized carbons (Fsp3) is 0.588. The first-order chi connectivity index (χ1) is 9.72. The van der Waals surface area contributed by atoms with E-state index in [-0.39, 0.29) is 17.9 Å². The lowest BCUT2D eigenvalue weighted by Gasteiger charge is -2.25. The third-order valence-corrected chi connectivity index (χ3v) is 5.58. The van der Waals surface area contributed by atoms with Crippen molar-refractivity contribution in [2.75, 3.05) is 0 Å². The quantitative estimate of drug-likeness (QED) is 0.866. The summed E-state index contributed by atoms with van der Waals surface area (Å²) in [4.78, 5) is 12.5. The number of rotatable bonds is 2. The molecule has 106 valence electrons. The Balaban J connectivity index is 1.50. The smallest absolute Gasteiger partial charge is 0.223 e. The average Bonchev–Trinajstić information content (AvgIpc) is 3.14. The highest BCUT2D eigenvalue weighted by atomic mass is 16.3. The molecular formula is C17H21NO2. The highest BCUT2D eigenvalue weighted by Gasteiger charge is 2.44. The summed E-state index contributed by atoms with van der Waals surface area (Å²) in [5, 5.41) is 13.3. The number of hydrogen-bond acceptors (Lipinski definition) is 2. The van der Waals surface area contributed by atoms with E-state index in [4.69, 9.17) is 0 Å². The fourth-order valence-electron chi connectivity index (χ4n) is 4.57. The van der Waals surface area contributed by atoms with Crippen LogP contribution in [-0.2, 0) is 11.2 Å². The van der Waals surface area contributed by atoms with E-state index in [0.717, 1.165) is 17.9 Å². The van der Waals surface area contributed by atoms with E-state index >= 15 is 0 Å². The maximum Gasteiger partial charge on any atom is 0.223 e. The van der Waals surface area contributed by atoms with Gasteiger partial charge < -0.3 is 10.4 Å². The van der Waals surface area contributed by atoms with Crippen LogP contribution in [0.4, 0.5) is 0 Å². The van der Waals surface area contributed by atoms with Gasteiger partial charge in [-0.05, 0) is 42.2 Å². The highest BCUT2D eigenvalue weighted by Crippen LogP contribution is 2.48. The summed E-state index contributed by atoms with van der Waals surface area (Å²) in [5.74, 6) is 1.72. The van der Waals surface area contributed by atoms with E-state index in [1.165, 1.54) is 24.8 Å². The molecule has 1 aromatic carbocycles. The Morgan fingerprint density at radius 2 is 2.05 bits per heavy atom. The molecule has 3 aliphatic carbocycles. The zero-order valence-corrected chi connectivity index (χ0v) is 11.6. The summed E-state index contributed by atoms with van der Waals surface area (Å²) in [6.45, 7) is 0. The zero-order chi connectivity index (χ0) is 13.7. The molecule has 20 heavy (non-hydrogen) atoms. The molecular weight excluding hydrogens is 250 g/mol. The average molecular weight is 271 g/mol. The molecule has 0 radical (unpaired) electrons. The maximum atomic E-state index is 12.5. The number of aliphatic hydroxyl groups is 1. The summed E-state index contributed by atoms with van der Waals surface area (Å²) in [6.07, 6.45) is 4.99. The Morgan fingerprint density at radius 1 is 1.20 bits per heavy atom. The van der Waals surface area contributed by atoms with Crippen molar-refractivity contribution in [3.8, 4) is 0 Å². The minimum absolute atomic E-state index is 0.165. The molecule has 3 nitrogen and oxygen atoms in total. The van der Waals surface area contributed by atoms with Crippen LogP contribution in [0.25, 0.3) is 0 Å². The Bertz CT molecular complexity index is 542. The standard InChI is InChI=1S/C17H21NO2/c19-15-9-11-3-1-2-4-13(11)16(15)18-17(20)14-8-10-5-6-12(14)7-10/h1-4,10,12,14-16,19H,5-9H2,(H,18,20)/t10?,12?,14?,15-,16+/m1/s1. The minimum Gasteiger partial charge on any atom is -0.390 e. The van der Waals surface area contributed by atoms with E-state index in [2.05, 4.69) is 5.32 Å². The van der Waals surface area contributed by atoms with Crippen LogP contribution in [0.1, 0.15) is 42.9 Å². The van der Waals surface area contributed by atoms with Crippen molar-refractivity contribution in [2.24, 2.45) is 17.8 Å². The van der Waals surface area contributed by atoms with Crippen LogP contribution < -0.4 is 5.32 Å². The normalized spacial score (nSPS) is 38.0. The Labute approximate surface area is 119 Å². The predicted octanol–water partition coefficient (Wildman–Crippen LogP) is 2.20. The molecule has 3 aliphatic rings. The second kappa shape index (κ2) is 4.59. The molecule has 0 aliphatic heterocycles. The molecule has 0 aromatic heterocycles. The van der Waals surface area contributed by atoms with Crippen molar-refractivity contribution in [2.45, 2.75) is 44.2 Å². The predicted molar refractivity (Wildman–Crippen MR) is 76.0 cm³/mol. The van der Waals surface area contributed by atoms with E-state index in [1.807, 2.05) is 24.3 Å². The molecule has 0 saturated heterocycles. The maximum absolute atomic E-state index is 12.5. The van der Waals surface area contributed by atoms with Gasteiger partial charge in [0.1, 0.15) is 0 Å². The van der Waals surface area contributed by atoms with Gasteiger partial charge in [0.05, 0.1) is 12.1 Å². The van der Waals surface area contributed by atoms with Crippen molar-refractivity contribution in [3.05, 3.63) is 35.4 Å². The van der Waals surface area contributed by atoms with E-state index in [9.17, 15) is 9.90 Å². The Hall–Kier alpha value is -1.35. The third kappa shape index (κ3) is 1.87. The van der Waals surface area contributed by atoms with E-state index in [0.29, 0.717) is 12.3 Å². The molecule has 0 heterocycles. The molecule has 2 N–H and O–H groups in total. The zero-order valence-electron chi connectivity index (χ0n) is 11.6. The van der Waals surface area contributed by atoms with Crippen molar-refractivity contribution < 1.29 is 9.90 Å². The van der Waals surface area contributed by atoms with Crippen LogP contribution in [0.15, 0.2) is 24.3 Å². The van der Waals surface area contributed by atoms with Gasteiger partial charge in [0.15, 0.2) is 0 Å². The molecule has 2 saturated carbocycles. The molecule has 0 spiro atoms. The number of amides is 1. The number of hydrogen-bond donors (Lipinski definition) is 2. The van der Waals surface area contributed by atoms with Crippen LogP contribution in [0.5, 0.6) is 0 Å². The van der Waals surface area contributed by atoms with Gasteiger partial charge in [-0.2, -0.15) is 0 Å². The first-order valence-corrected chi connectivity index (χ1v) is 7.78. The number of aliphatic hydroxyl groups excluding tert-OH is 1. The second-order valence-electron chi connectivity index (χ2n) is 6.74. The van der Waals surface area contributed by atoms with Crippen LogP contribution in [-0.4, -0.2) is 17.1 Å². The van der Waals surface area contributed by atoms with E-state index in [1.54, 1.807) is 0 Å². The van der Waals surface area contributed by atoms with Crippen LogP contribution in [0, 0.1) is 17.8 Å². The Morgan fingerprint density at radius 3 is 2.80 bits per heavy atom. The first kappa shape index (κ1) is 12.4. The lowest BCUT2D eigenvalue weighted by Crippen LogP contribution is -2.39. The lowest BCUT2D eigenvalue weighted by molar-refractivity contribution is -0.128. The number of nitrogens with one attached hydrogen (secondary N) is 1. The van der Waals surface area contributed by atoms with Gasteiger partial charge in [-0.1, -0.05) is 30.7 Å². The molecule has 3 unspecified atom stereocenters. The third-order valence-electron chi connectivity index (χ3n) is 5.58. The summed E-state index contributed by atoms with van der Waals surface area (Å²) in [7, 11) is 0. The lowest BCUT2D eigenvalue weighted by atomic mass is 9.88. The number of carbonyl (C=O) groups excluding carboxylic acids is 1. The molecule has 4 rings (SSSR count). The van der Waals surface area contributed by atoms with Crippen molar-refractivity contribution in [3.63, 3.8) is 0 Å². The summed E-state index contributed by atoms with van der Waals surface area (Å²) in [6, 6.07) is 7.83. The van der Waals surface area contributed by atoms with Gasteiger partial charge in [-0.3, -0.25) is 4.79 Å². The second-order valence-corrected chi connectivity index (χ2v) is 6.74. The van der Waals surface area contributed by atoms with Crippen molar-refractivity contribution in [1.29, 1.82) is 0 Å². The minimum atomic E-state index is -0.477. The van der Waals surface area contributed by atoms with Gasteiger partial charge in [-0.15, -0.1) is 0 Å². The molecule has 3 heteroatoms. The topological polar surface area (TPSA) is 49.3 Å². The van der Waals surface area contributed by atoms with Gasteiger partial charge in [0.25, 0.3) is 0 Å². The van der Waals surface area contributed by atoms with Crippen molar-refractivity contribution >= 4 is 5.91 Å². The van der Waals surface area contributed by atoms with Gasteiger partial charge in [0, 0.05) is 12.3 Å². The molecule has 2 bridgehead atoms. The Kier molecular flexibility index (Phi) is 2.84. The van der Waals surface area contributed by atoms with E-state index < -0.39 is 6.10 Å². The van der Waals surface area contributed by atoms with Gasteiger partial charge >= 0.3 is 0 Å². The molecule has 1 aromatic rings. The molecule has 5 atom stereocenters. The van der Waals surface area contributed by atoms with Gasteiger partial charge in [-0.25, -0.2) is 0 Å². The van der Waals surface area contributed by atoms with Gasteiger partial charge in [0.2, 0.25) is 5.91 Å². The van der Waals surface area contributed by atoms with Crippen LogP contribution >= 0.6 is 0 Å². The van der Waals surface area contributed by atoms with Crippen LogP contribution in [0.3, 0.4) is 0 Å². The summed E-state index contributed by atoms with van der Waals surface area (Å²) < 4.78 is 0. The monoisotopic (exact) mass is 271 g/mol. The summed E-state index contributed by atoms with van der Waals surface area (Å²) >= 11 is 0. The fourth-order valence-corrected chi connectivity index (χ4v) is 4.57. The first-order valence-electron chi connectivity index (χ1n) is 7.78. The highest BCUT2D eigenvalue weighted by molar-refractivity contribution is 5.80. The molecule has 1 amide bonds. The van der Waals surface area contributed by atoms with Crippen molar-refractivity contribution in [1.82, 2.24) is 5.32 Å². The molecule has 2 fully saturated rings. The number of fused-ring (bicyclic) bond motifs is 3. The SMILES string of the molecule is O=C(N[C@H]1c2ccccc2C[C@H]1O)C1CC2CCC1C2. The number of benzene rings is 1. The largest absolute Gasteiger partial charge is 0.390 e.